The van der Waals surface area contributed by atoms with Crippen molar-refractivity contribution in [3.63, 3.8) is 0 Å². The van der Waals surface area contributed by atoms with Gasteiger partial charge < -0.3 is 15.4 Å². The van der Waals surface area contributed by atoms with Crippen LogP contribution in [0.2, 0.25) is 0 Å². The molecule has 1 saturated heterocycles. The summed E-state index contributed by atoms with van der Waals surface area (Å²) >= 11 is 1.97. The third-order valence-corrected chi connectivity index (χ3v) is 6.82. The Hall–Kier alpha value is 0.310. The molecule has 0 aromatic rings. The molecule has 2 N–H and O–H groups in total. The van der Waals surface area contributed by atoms with E-state index in [4.69, 9.17) is 4.74 Å². The molecule has 0 unspecified atom stereocenters. The van der Waals surface area contributed by atoms with Crippen LogP contribution in [0.15, 0.2) is 4.99 Å². The van der Waals surface area contributed by atoms with E-state index in [2.05, 4.69) is 28.8 Å². The number of ether oxygens (including phenoxy) is 1. The van der Waals surface area contributed by atoms with Crippen molar-refractivity contribution in [2.45, 2.75) is 62.7 Å². The number of rotatable bonds is 5. The van der Waals surface area contributed by atoms with E-state index in [-0.39, 0.29) is 24.0 Å². The van der Waals surface area contributed by atoms with Gasteiger partial charge in [0.1, 0.15) is 0 Å². The van der Waals surface area contributed by atoms with Gasteiger partial charge in [0, 0.05) is 37.6 Å². The number of hydrogen-bond donors (Lipinski definition) is 2. The Morgan fingerprint density at radius 2 is 1.87 bits per heavy atom. The molecule has 0 spiro atoms. The molecule has 1 aliphatic heterocycles. The maximum absolute atomic E-state index is 5.51. The highest BCUT2D eigenvalue weighted by atomic mass is 127. The van der Waals surface area contributed by atoms with Crippen LogP contribution < -0.4 is 10.6 Å². The van der Waals surface area contributed by atoms with E-state index in [1.54, 1.807) is 0 Å². The Labute approximate surface area is 163 Å². The first-order chi connectivity index (χ1) is 10.7. The summed E-state index contributed by atoms with van der Waals surface area (Å²) in [5.41, 5.74) is 0. The number of aliphatic imine (C=N–C) groups is 1. The lowest BCUT2D eigenvalue weighted by molar-refractivity contribution is 0.0782. The van der Waals surface area contributed by atoms with E-state index in [0.717, 1.165) is 44.5 Å². The molecule has 0 atom stereocenters. The first-order valence-electron chi connectivity index (χ1n) is 8.81. The molecule has 0 aromatic heterocycles. The number of hydrogen-bond acceptors (Lipinski definition) is 3. The smallest absolute Gasteiger partial charge is 0.191 e. The predicted octanol–water partition coefficient (Wildman–Crippen LogP) is 3.65. The molecule has 2 rings (SSSR count). The summed E-state index contributed by atoms with van der Waals surface area (Å²) < 4.78 is 5.82. The van der Waals surface area contributed by atoms with Gasteiger partial charge in [0.25, 0.3) is 0 Å². The SMILES string of the molecule is CCC1CCC(NC(=NC)NCC2(SC)CCOCC2)CC1.I. The molecule has 1 saturated carbocycles. The number of guanidine groups is 1. The molecule has 0 bridgehead atoms. The second kappa shape index (κ2) is 11.0. The highest BCUT2D eigenvalue weighted by Crippen LogP contribution is 2.33. The van der Waals surface area contributed by atoms with Crippen LogP contribution in [-0.2, 0) is 4.74 Å². The van der Waals surface area contributed by atoms with E-state index in [0.29, 0.717) is 10.8 Å². The molecule has 0 radical (unpaired) electrons. The van der Waals surface area contributed by atoms with E-state index < -0.39 is 0 Å². The fourth-order valence-electron chi connectivity index (χ4n) is 3.54. The minimum Gasteiger partial charge on any atom is -0.381 e. The zero-order valence-corrected chi connectivity index (χ0v) is 18.0. The first kappa shape index (κ1) is 21.4. The summed E-state index contributed by atoms with van der Waals surface area (Å²) in [6, 6.07) is 0.592. The normalized spacial score (nSPS) is 27.9. The molecule has 2 aliphatic rings. The largest absolute Gasteiger partial charge is 0.381 e. The van der Waals surface area contributed by atoms with E-state index in [9.17, 15) is 0 Å². The van der Waals surface area contributed by atoms with Crippen molar-refractivity contribution in [3.05, 3.63) is 0 Å². The lowest BCUT2D eigenvalue weighted by atomic mass is 9.84. The van der Waals surface area contributed by atoms with Crippen LogP contribution in [0.4, 0.5) is 0 Å². The molecule has 1 heterocycles. The maximum atomic E-state index is 5.51. The van der Waals surface area contributed by atoms with Crippen LogP contribution in [0, 0.1) is 5.92 Å². The van der Waals surface area contributed by atoms with Gasteiger partial charge in [-0.2, -0.15) is 11.8 Å². The Morgan fingerprint density at radius 1 is 1.22 bits per heavy atom. The zero-order valence-electron chi connectivity index (χ0n) is 14.9. The molecule has 1 aliphatic carbocycles. The van der Waals surface area contributed by atoms with Crippen molar-refractivity contribution in [2.75, 3.05) is 33.1 Å². The van der Waals surface area contributed by atoms with Crippen LogP contribution >= 0.6 is 35.7 Å². The van der Waals surface area contributed by atoms with Gasteiger partial charge in [-0.05, 0) is 50.7 Å². The van der Waals surface area contributed by atoms with Crippen LogP contribution in [0.1, 0.15) is 51.9 Å². The van der Waals surface area contributed by atoms with Gasteiger partial charge in [0.2, 0.25) is 0 Å². The highest BCUT2D eigenvalue weighted by molar-refractivity contribution is 14.0. The van der Waals surface area contributed by atoms with Gasteiger partial charge in [-0.3, -0.25) is 4.99 Å². The van der Waals surface area contributed by atoms with Crippen LogP contribution in [-0.4, -0.2) is 49.8 Å². The van der Waals surface area contributed by atoms with Crippen molar-refractivity contribution >= 4 is 41.7 Å². The Bertz CT molecular complexity index is 354. The van der Waals surface area contributed by atoms with Gasteiger partial charge in [-0.15, -0.1) is 24.0 Å². The fourth-order valence-corrected chi connectivity index (χ4v) is 4.34. The number of nitrogens with zero attached hydrogens (tertiary/aromatic N) is 1. The molecule has 23 heavy (non-hydrogen) atoms. The molecular formula is C17H34IN3OS. The summed E-state index contributed by atoms with van der Waals surface area (Å²) in [7, 11) is 1.88. The van der Waals surface area contributed by atoms with Gasteiger partial charge >= 0.3 is 0 Å². The third-order valence-electron chi connectivity index (χ3n) is 5.40. The van der Waals surface area contributed by atoms with Crippen LogP contribution in [0.25, 0.3) is 0 Å². The lowest BCUT2D eigenvalue weighted by Crippen LogP contribution is -2.50. The van der Waals surface area contributed by atoms with Crippen molar-refractivity contribution in [3.8, 4) is 0 Å². The maximum Gasteiger partial charge on any atom is 0.191 e. The second-order valence-electron chi connectivity index (χ2n) is 6.70. The molecular weight excluding hydrogens is 421 g/mol. The van der Waals surface area contributed by atoms with Gasteiger partial charge in [0.15, 0.2) is 5.96 Å². The lowest BCUT2D eigenvalue weighted by Gasteiger charge is -2.36. The van der Waals surface area contributed by atoms with Gasteiger partial charge in [-0.25, -0.2) is 0 Å². The fraction of sp³-hybridized carbons (Fsp3) is 0.941. The Morgan fingerprint density at radius 3 is 2.39 bits per heavy atom. The molecule has 4 nitrogen and oxygen atoms in total. The van der Waals surface area contributed by atoms with Gasteiger partial charge in [-0.1, -0.05) is 13.3 Å². The van der Waals surface area contributed by atoms with Crippen molar-refractivity contribution in [1.82, 2.24) is 10.6 Å². The Balaban J connectivity index is 0.00000264. The standard InChI is InChI=1S/C17H33N3OS.HI/c1-4-14-5-7-15(8-6-14)20-16(18-2)19-13-17(22-3)9-11-21-12-10-17;/h14-15H,4-13H2,1-3H3,(H2,18,19,20);1H. The minimum absolute atomic E-state index is 0. The van der Waals surface area contributed by atoms with E-state index in [1.807, 2.05) is 18.8 Å². The van der Waals surface area contributed by atoms with Crippen molar-refractivity contribution in [2.24, 2.45) is 10.9 Å². The first-order valence-corrected chi connectivity index (χ1v) is 10.0. The molecule has 136 valence electrons. The topological polar surface area (TPSA) is 45.7 Å². The number of halogens is 1. The zero-order chi connectivity index (χ0) is 15.8. The third kappa shape index (κ3) is 6.61. The quantitative estimate of drug-likeness (QED) is 0.378. The predicted molar refractivity (Wildman–Crippen MR) is 112 cm³/mol. The Kier molecular flexibility index (Phi) is 10.2. The van der Waals surface area contributed by atoms with Crippen molar-refractivity contribution < 1.29 is 4.74 Å². The highest BCUT2D eigenvalue weighted by Gasteiger charge is 2.32. The summed E-state index contributed by atoms with van der Waals surface area (Å²) in [5, 5.41) is 7.20. The summed E-state index contributed by atoms with van der Waals surface area (Å²) in [6.07, 6.45) is 11.1. The van der Waals surface area contributed by atoms with Gasteiger partial charge in [0.05, 0.1) is 0 Å². The average molecular weight is 455 g/mol. The second-order valence-corrected chi connectivity index (χ2v) is 7.97. The summed E-state index contributed by atoms with van der Waals surface area (Å²) in [6.45, 7) is 5.06. The van der Waals surface area contributed by atoms with Crippen molar-refractivity contribution in [1.29, 1.82) is 0 Å². The van der Waals surface area contributed by atoms with Crippen LogP contribution in [0.3, 0.4) is 0 Å². The molecule has 0 amide bonds. The summed E-state index contributed by atoms with van der Waals surface area (Å²) in [4.78, 5) is 4.43. The number of nitrogens with one attached hydrogen (secondary N) is 2. The monoisotopic (exact) mass is 455 g/mol. The summed E-state index contributed by atoms with van der Waals surface area (Å²) in [5.74, 6) is 1.91. The molecule has 0 aromatic carbocycles. The molecule has 2 fully saturated rings. The van der Waals surface area contributed by atoms with E-state index >= 15 is 0 Å². The number of thioether (sulfide) groups is 1. The minimum atomic E-state index is 0. The molecule has 6 heteroatoms. The average Bonchev–Trinajstić information content (AvgIpc) is 2.60. The van der Waals surface area contributed by atoms with Crippen LogP contribution in [0.5, 0.6) is 0 Å². The van der Waals surface area contributed by atoms with E-state index in [1.165, 1.54) is 32.1 Å².